The molecule has 0 spiro atoms. The van der Waals surface area contributed by atoms with Gasteiger partial charge in [-0.15, -0.1) is 0 Å². The van der Waals surface area contributed by atoms with E-state index in [-0.39, 0.29) is 18.1 Å². The third-order valence-corrected chi connectivity index (χ3v) is 5.15. The van der Waals surface area contributed by atoms with Gasteiger partial charge in [-0.25, -0.2) is 4.98 Å². The summed E-state index contributed by atoms with van der Waals surface area (Å²) in [7, 11) is 2.03. The number of carbonyl (C=O) groups is 1. The number of ether oxygens (including phenoxy) is 1. The first kappa shape index (κ1) is 17.4. The summed E-state index contributed by atoms with van der Waals surface area (Å²) in [6.45, 7) is 8.11. The molecule has 1 amide bonds. The molecule has 3 heterocycles. The molecule has 2 fully saturated rings. The average molecular weight is 335 g/mol. The Balaban J connectivity index is 1.40. The van der Waals surface area contributed by atoms with Gasteiger partial charge in [0.2, 0.25) is 5.91 Å². The summed E-state index contributed by atoms with van der Waals surface area (Å²) >= 11 is 0. The van der Waals surface area contributed by atoms with Crippen molar-refractivity contribution in [1.29, 1.82) is 0 Å². The summed E-state index contributed by atoms with van der Waals surface area (Å²) in [5, 5.41) is 3.04. The van der Waals surface area contributed by atoms with E-state index in [0.717, 1.165) is 58.0 Å². The Morgan fingerprint density at radius 2 is 2.21 bits per heavy atom. The maximum atomic E-state index is 12.3. The SMILES string of the molecule is C[C@@H](C(=O)NC[C@@H]1CCCO1)N1CCN(Cc2nccn2C)CC1. The number of nitrogens with one attached hydrogen (secondary N) is 1. The van der Waals surface area contributed by atoms with Gasteiger partial charge in [0, 0.05) is 58.8 Å². The van der Waals surface area contributed by atoms with E-state index in [0.29, 0.717) is 6.54 Å². The van der Waals surface area contributed by atoms with E-state index < -0.39 is 0 Å². The molecule has 2 saturated heterocycles. The molecule has 134 valence electrons. The number of rotatable bonds is 6. The molecule has 0 aliphatic carbocycles. The Bertz CT molecular complexity index is 533. The minimum Gasteiger partial charge on any atom is -0.376 e. The fourth-order valence-electron chi connectivity index (χ4n) is 3.39. The van der Waals surface area contributed by atoms with Crippen molar-refractivity contribution < 1.29 is 9.53 Å². The second kappa shape index (κ2) is 8.09. The zero-order valence-corrected chi connectivity index (χ0v) is 14.8. The minimum absolute atomic E-state index is 0.0817. The van der Waals surface area contributed by atoms with Gasteiger partial charge in [0.25, 0.3) is 0 Å². The van der Waals surface area contributed by atoms with E-state index in [9.17, 15) is 4.79 Å². The van der Waals surface area contributed by atoms with Gasteiger partial charge in [-0.1, -0.05) is 0 Å². The Kier molecular flexibility index (Phi) is 5.86. The van der Waals surface area contributed by atoms with Gasteiger partial charge < -0.3 is 14.6 Å². The smallest absolute Gasteiger partial charge is 0.237 e. The van der Waals surface area contributed by atoms with Crippen LogP contribution in [0.2, 0.25) is 0 Å². The van der Waals surface area contributed by atoms with Crippen molar-refractivity contribution in [3.05, 3.63) is 18.2 Å². The van der Waals surface area contributed by atoms with Crippen LogP contribution in [0, 0.1) is 0 Å². The van der Waals surface area contributed by atoms with Crippen molar-refractivity contribution in [2.75, 3.05) is 39.3 Å². The lowest BCUT2D eigenvalue weighted by Crippen LogP contribution is -2.54. The van der Waals surface area contributed by atoms with Crippen molar-refractivity contribution in [3.8, 4) is 0 Å². The highest BCUT2D eigenvalue weighted by molar-refractivity contribution is 5.81. The van der Waals surface area contributed by atoms with E-state index >= 15 is 0 Å². The molecule has 24 heavy (non-hydrogen) atoms. The summed E-state index contributed by atoms with van der Waals surface area (Å²) < 4.78 is 7.62. The van der Waals surface area contributed by atoms with Gasteiger partial charge in [0.05, 0.1) is 18.7 Å². The van der Waals surface area contributed by atoms with Gasteiger partial charge in [0.1, 0.15) is 5.82 Å². The Labute approximate surface area is 144 Å². The van der Waals surface area contributed by atoms with Gasteiger partial charge in [-0.3, -0.25) is 14.6 Å². The molecule has 0 saturated carbocycles. The molecular weight excluding hydrogens is 306 g/mol. The second-order valence-corrected chi connectivity index (χ2v) is 6.82. The Hall–Kier alpha value is -1.44. The maximum Gasteiger partial charge on any atom is 0.237 e. The van der Waals surface area contributed by atoms with Crippen LogP contribution in [0.3, 0.4) is 0 Å². The first-order valence-electron chi connectivity index (χ1n) is 8.95. The molecular formula is C17H29N5O2. The van der Waals surface area contributed by atoms with Crippen molar-refractivity contribution in [2.24, 2.45) is 7.05 Å². The fraction of sp³-hybridized carbons (Fsp3) is 0.765. The van der Waals surface area contributed by atoms with Gasteiger partial charge in [-0.2, -0.15) is 0 Å². The van der Waals surface area contributed by atoms with Crippen LogP contribution in [0.5, 0.6) is 0 Å². The number of aryl methyl sites for hydroxylation is 1. The lowest BCUT2D eigenvalue weighted by Gasteiger charge is -2.37. The number of nitrogens with zero attached hydrogens (tertiary/aromatic N) is 4. The molecule has 7 heteroatoms. The van der Waals surface area contributed by atoms with Crippen LogP contribution in [0.1, 0.15) is 25.6 Å². The highest BCUT2D eigenvalue weighted by Gasteiger charge is 2.26. The van der Waals surface area contributed by atoms with Gasteiger partial charge in [-0.05, 0) is 19.8 Å². The minimum atomic E-state index is -0.0817. The number of hydrogen-bond acceptors (Lipinski definition) is 5. The molecule has 1 N–H and O–H groups in total. The Morgan fingerprint density at radius 3 is 2.83 bits per heavy atom. The summed E-state index contributed by atoms with van der Waals surface area (Å²) in [4.78, 5) is 21.4. The average Bonchev–Trinajstić information content (AvgIpc) is 3.25. The molecule has 1 aromatic heterocycles. The van der Waals surface area contributed by atoms with Crippen molar-refractivity contribution >= 4 is 5.91 Å². The van der Waals surface area contributed by atoms with Crippen LogP contribution in [0.4, 0.5) is 0 Å². The zero-order valence-electron chi connectivity index (χ0n) is 14.8. The molecule has 0 unspecified atom stereocenters. The fourth-order valence-corrected chi connectivity index (χ4v) is 3.39. The molecule has 2 atom stereocenters. The number of amides is 1. The summed E-state index contributed by atoms with van der Waals surface area (Å²) in [6, 6.07) is -0.0817. The van der Waals surface area contributed by atoms with Crippen LogP contribution in [0.25, 0.3) is 0 Å². The van der Waals surface area contributed by atoms with E-state index in [1.165, 1.54) is 0 Å². The molecule has 7 nitrogen and oxygen atoms in total. The third kappa shape index (κ3) is 4.34. The predicted molar refractivity (Wildman–Crippen MR) is 91.5 cm³/mol. The Morgan fingerprint density at radius 1 is 1.42 bits per heavy atom. The van der Waals surface area contributed by atoms with Crippen molar-refractivity contribution in [3.63, 3.8) is 0 Å². The first-order valence-corrected chi connectivity index (χ1v) is 8.95. The van der Waals surface area contributed by atoms with Gasteiger partial charge >= 0.3 is 0 Å². The third-order valence-electron chi connectivity index (χ3n) is 5.15. The van der Waals surface area contributed by atoms with E-state index in [1.807, 2.05) is 26.4 Å². The first-order chi connectivity index (χ1) is 11.6. The largest absolute Gasteiger partial charge is 0.376 e. The number of piperazine rings is 1. The standard InChI is InChI=1S/C17H29N5O2/c1-14(17(23)19-12-15-4-3-11-24-15)22-9-7-21(8-10-22)13-16-18-5-6-20(16)2/h5-6,14-15H,3-4,7-13H2,1-2H3,(H,19,23)/t14-,15-/m0/s1. The molecule has 0 radical (unpaired) electrons. The summed E-state index contributed by atoms with van der Waals surface area (Å²) in [5.74, 6) is 1.20. The van der Waals surface area contributed by atoms with Crippen LogP contribution in [-0.2, 0) is 23.1 Å². The van der Waals surface area contributed by atoms with Crippen LogP contribution >= 0.6 is 0 Å². The monoisotopic (exact) mass is 335 g/mol. The second-order valence-electron chi connectivity index (χ2n) is 6.82. The topological polar surface area (TPSA) is 62.6 Å². The van der Waals surface area contributed by atoms with Crippen LogP contribution in [0.15, 0.2) is 12.4 Å². The van der Waals surface area contributed by atoms with Crippen LogP contribution in [-0.4, -0.2) is 76.7 Å². The maximum absolute atomic E-state index is 12.3. The molecule has 0 bridgehead atoms. The summed E-state index contributed by atoms with van der Waals surface area (Å²) in [6.07, 6.45) is 6.18. The molecule has 2 aliphatic rings. The quantitative estimate of drug-likeness (QED) is 0.806. The lowest BCUT2D eigenvalue weighted by molar-refractivity contribution is -0.127. The normalized spacial score (nSPS) is 24.2. The highest BCUT2D eigenvalue weighted by Crippen LogP contribution is 2.12. The number of aromatic nitrogens is 2. The number of carbonyl (C=O) groups excluding carboxylic acids is 1. The van der Waals surface area contributed by atoms with Crippen molar-refractivity contribution in [1.82, 2.24) is 24.7 Å². The predicted octanol–water partition coefficient (Wildman–Crippen LogP) is 0.221. The van der Waals surface area contributed by atoms with Gasteiger partial charge in [0.15, 0.2) is 0 Å². The molecule has 3 rings (SSSR count). The molecule has 0 aromatic carbocycles. The lowest BCUT2D eigenvalue weighted by atomic mass is 10.2. The van der Waals surface area contributed by atoms with Crippen molar-refractivity contribution in [2.45, 2.75) is 38.5 Å². The van der Waals surface area contributed by atoms with E-state index in [1.54, 1.807) is 0 Å². The van der Waals surface area contributed by atoms with E-state index in [2.05, 4.69) is 24.7 Å². The molecule has 2 aliphatic heterocycles. The number of hydrogen-bond donors (Lipinski definition) is 1. The van der Waals surface area contributed by atoms with Crippen LogP contribution < -0.4 is 5.32 Å². The summed E-state index contributed by atoms with van der Waals surface area (Å²) in [5.41, 5.74) is 0. The molecule has 1 aromatic rings. The number of imidazole rings is 1. The zero-order chi connectivity index (χ0) is 16.9. The highest BCUT2D eigenvalue weighted by atomic mass is 16.5. The van der Waals surface area contributed by atoms with E-state index in [4.69, 9.17) is 4.74 Å².